The van der Waals surface area contributed by atoms with Gasteiger partial charge in [-0.05, 0) is 49.4 Å². The molecule has 0 spiro atoms. The Bertz CT molecular complexity index is 719. The van der Waals surface area contributed by atoms with Crippen LogP contribution in [0.4, 0.5) is 11.6 Å². The van der Waals surface area contributed by atoms with E-state index in [-0.39, 0.29) is 5.91 Å². The Morgan fingerprint density at radius 2 is 1.69 bits per heavy atom. The van der Waals surface area contributed by atoms with Gasteiger partial charge in [0.2, 0.25) is 5.95 Å². The lowest BCUT2D eigenvalue weighted by molar-refractivity contribution is 0.0749. The molecule has 0 radical (unpaired) electrons. The van der Waals surface area contributed by atoms with Crippen molar-refractivity contribution < 1.29 is 4.79 Å². The zero-order valence-electron chi connectivity index (χ0n) is 16.5. The lowest BCUT2D eigenvalue weighted by atomic mass is 10.0. The van der Waals surface area contributed by atoms with Crippen LogP contribution in [0.5, 0.6) is 0 Å². The summed E-state index contributed by atoms with van der Waals surface area (Å²) in [5.74, 6) is 0.919. The Kier molecular flexibility index (Phi) is 7.13. The van der Waals surface area contributed by atoms with Crippen molar-refractivity contribution in [2.24, 2.45) is 0 Å². The quantitative estimate of drug-likeness (QED) is 0.731. The van der Waals surface area contributed by atoms with E-state index in [4.69, 9.17) is 0 Å². The van der Waals surface area contributed by atoms with Gasteiger partial charge >= 0.3 is 0 Å². The van der Waals surface area contributed by atoms with Crippen LogP contribution in [0.15, 0.2) is 30.3 Å². The van der Waals surface area contributed by atoms with Gasteiger partial charge in [0, 0.05) is 24.5 Å². The number of rotatable bonds is 8. The molecule has 1 heterocycles. The van der Waals surface area contributed by atoms with Crippen molar-refractivity contribution in [2.75, 3.05) is 18.4 Å². The highest BCUT2D eigenvalue weighted by Crippen LogP contribution is 2.19. The van der Waals surface area contributed by atoms with Crippen LogP contribution in [-0.2, 0) is 0 Å². The van der Waals surface area contributed by atoms with Crippen LogP contribution in [0.3, 0.4) is 0 Å². The van der Waals surface area contributed by atoms with Crippen LogP contribution in [0, 0.1) is 6.92 Å². The second-order valence-corrected chi connectivity index (χ2v) is 6.91. The second-order valence-electron chi connectivity index (χ2n) is 6.91. The minimum atomic E-state index is -0.0302. The maximum absolute atomic E-state index is 12.8. The van der Waals surface area contributed by atoms with Gasteiger partial charge in [0.15, 0.2) is 0 Å². The van der Waals surface area contributed by atoms with Crippen LogP contribution in [0.25, 0.3) is 0 Å². The number of hydrogen-bond donors (Lipinski definition) is 1. The van der Waals surface area contributed by atoms with Crippen LogP contribution < -0.4 is 5.32 Å². The summed E-state index contributed by atoms with van der Waals surface area (Å²) in [4.78, 5) is 23.6. The molecule has 2 aromatic rings. The van der Waals surface area contributed by atoms with Crippen molar-refractivity contribution in [1.82, 2.24) is 14.9 Å². The molecular weight excluding hydrogens is 324 g/mol. The summed E-state index contributed by atoms with van der Waals surface area (Å²) in [6, 6.07) is 9.98. The molecule has 0 saturated carbocycles. The van der Waals surface area contributed by atoms with Gasteiger partial charge in [-0.15, -0.1) is 0 Å². The lowest BCUT2D eigenvalue weighted by Gasteiger charge is -2.21. The number of nitrogens with one attached hydrogen (secondary N) is 1. The summed E-state index contributed by atoms with van der Waals surface area (Å²) in [5.41, 5.74) is 3.42. The molecule has 0 atom stereocenters. The van der Waals surface area contributed by atoms with E-state index in [1.165, 1.54) is 5.56 Å². The number of aryl methyl sites for hydroxylation is 1. The molecule has 1 aromatic carbocycles. The second kappa shape index (κ2) is 9.32. The van der Waals surface area contributed by atoms with Crippen LogP contribution >= 0.6 is 0 Å². The molecule has 0 aliphatic heterocycles. The van der Waals surface area contributed by atoms with Gasteiger partial charge in [-0.2, -0.15) is 0 Å². The molecule has 140 valence electrons. The van der Waals surface area contributed by atoms with Gasteiger partial charge < -0.3 is 10.2 Å². The molecule has 2 rings (SSSR count). The normalized spacial score (nSPS) is 10.8. The third-order valence-corrected chi connectivity index (χ3v) is 4.18. The Morgan fingerprint density at radius 1 is 1.08 bits per heavy atom. The summed E-state index contributed by atoms with van der Waals surface area (Å²) >= 11 is 0. The molecule has 26 heavy (non-hydrogen) atoms. The van der Waals surface area contributed by atoms with Crippen molar-refractivity contribution in [3.63, 3.8) is 0 Å². The lowest BCUT2D eigenvalue weighted by Crippen LogP contribution is -2.33. The third-order valence-electron chi connectivity index (χ3n) is 4.18. The molecule has 0 aliphatic rings. The van der Waals surface area contributed by atoms with E-state index < -0.39 is 0 Å². The van der Waals surface area contributed by atoms with E-state index in [2.05, 4.69) is 55.1 Å². The molecule has 1 N–H and O–H groups in total. The molecule has 0 aliphatic carbocycles. The Hall–Kier alpha value is -2.43. The number of benzene rings is 1. The van der Waals surface area contributed by atoms with E-state index in [0.717, 1.165) is 37.3 Å². The fraction of sp³-hybridized carbons (Fsp3) is 0.476. The number of amides is 1. The number of hydrogen-bond acceptors (Lipinski definition) is 4. The molecule has 5 heteroatoms. The Labute approximate surface area is 156 Å². The van der Waals surface area contributed by atoms with Gasteiger partial charge in [-0.1, -0.05) is 39.8 Å². The van der Waals surface area contributed by atoms with Gasteiger partial charge in [0.1, 0.15) is 5.69 Å². The highest BCUT2D eigenvalue weighted by molar-refractivity contribution is 5.92. The van der Waals surface area contributed by atoms with Crippen molar-refractivity contribution in [3.05, 3.63) is 47.3 Å². The number of anilines is 2. The first-order valence-corrected chi connectivity index (χ1v) is 9.46. The molecular formula is C21H30N4O. The maximum Gasteiger partial charge on any atom is 0.272 e. The van der Waals surface area contributed by atoms with E-state index in [0.29, 0.717) is 17.6 Å². The number of carbonyl (C=O) groups is 1. The minimum Gasteiger partial charge on any atom is -0.337 e. The smallest absolute Gasteiger partial charge is 0.272 e. The molecule has 0 saturated heterocycles. The summed E-state index contributed by atoms with van der Waals surface area (Å²) in [6.45, 7) is 11.9. The fourth-order valence-electron chi connectivity index (χ4n) is 2.83. The van der Waals surface area contributed by atoms with Crippen molar-refractivity contribution >= 4 is 17.5 Å². The maximum atomic E-state index is 12.8. The van der Waals surface area contributed by atoms with E-state index in [9.17, 15) is 4.79 Å². The molecule has 1 amide bonds. The predicted molar refractivity (Wildman–Crippen MR) is 107 cm³/mol. The Morgan fingerprint density at radius 3 is 2.23 bits per heavy atom. The topological polar surface area (TPSA) is 58.1 Å². The molecule has 1 aromatic heterocycles. The molecule has 0 fully saturated rings. The molecule has 0 bridgehead atoms. The summed E-state index contributed by atoms with van der Waals surface area (Å²) < 4.78 is 0. The van der Waals surface area contributed by atoms with Gasteiger partial charge in [0.25, 0.3) is 5.91 Å². The molecule has 5 nitrogen and oxygen atoms in total. The standard InChI is InChI=1S/C21H30N4O/c1-6-12-25(13-7-2)20(26)19-14-16(5)22-21(24-19)23-18-10-8-17(9-11-18)15(3)4/h8-11,14-15H,6-7,12-13H2,1-5H3,(H,22,23,24). The average molecular weight is 354 g/mol. The summed E-state index contributed by atoms with van der Waals surface area (Å²) in [5, 5.41) is 3.22. The average Bonchev–Trinajstić information content (AvgIpc) is 2.61. The minimum absolute atomic E-state index is 0.0302. The highest BCUT2D eigenvalue weighted by Gasteiger charge is 2.17. The summed E-state index contributed by atoms with van der Waals surface area (Å²) in [6.07, 6.45) is 1.87. The number of nitrogens with zero attached hydrogens (tertiary/aromatic N) is 3. The largest absolute Gasteiger partial charge is 0.337 e. The van der Waals surface area contributed by atoms with Crippen LogP contribution in [0.1, 0.15) is 68.2 Å². The SMILES string of the molecule is CCCN(CCC)C(=O)c1cc(C)nc(Nc2ccc(C(C)C)cc2)n1. The predicted octanol–water partition coefficient (Wildman–Crippen LogP) is 4.91. The summed E-state index contributed by atoms with van der Waals surface area (Å²) in [7, 11) is 0. The number of aromatic nitrogens is 2. The van der Waals surface area contributed by atoms with Gasteiger partial charge in [0.05, 0.1) is 0 Å². The number of carbonyl (C=O) groups excluding carboxylic acids is 1. The van der Waals surface area contributed by atoms with E-state index in [1.54, 1.807) is 6.07 Å². The van der Waals surface area contributed by atoms with Crippen LogP contribution in [-0.4, -0.2) is 33.9 Å². The van der Waals surface area contributed by atoms with E-state index in [1.807, 2.05) is 24.0 Å². The fourth-order valence-corrected chi connectivity index (χ4v) is 2.83. The van der Waals surface area contributed by atoms with Crippen molar-refractivity contribution in [1.29, 1.82) is 0 Å². The monoisotopic (exact) mass is 354 g/mol. The van der Waals surface area contributed by atoms with Crippen LogP contribution in [0.2, 0.25) is 0 Å². The van der Waals surface area contributed by atoms with Crippen molar-refractivity contribution in [2.45, 2.75) is 53.4 Å². The first kappa shape index (κ1) is 19.9. The van der Waals surface area contributed by atoms with E-state index >= 15 is 0 Å². The first-order valence-electron chi connectivity index (χ1n) is 9.46. The molecule has 0 unspecified atom stereocenters. The van der Waals surface area contributed by atoms with Gasteiger partial charge in [-0.25, -0.2) is 9.97 Å². The first-order chi connectivity index (χ1) is 12.4. The zero-order chi connectivity index (χ0) is 19.1. The highest BCUT2D eigenvalue weighted by atomic mass is 16.2. The van der Waals surface area contributed by atoms with Crippen molar-refractivity contribution in [3.8, 4) is 0 Å². The van der Waals surface area contributed by atoms with Gasteiger partial charge in [-0.3, -0.25) is 4.79 Å². The zero-order valence-corrected chi connectivity index (χ0v) is 16.5. The third kappa shape index (κ3) is 5.28. The Balaban J connectivity index is 2.21.